The van der Waals surface area contributed by atoms with Gasteiger partial charge in [0.05, 0.1) is 17.1 Å². The molecule has 2 heterocycles. The monoisotopic (exact) mass is 297 g/mol. The lowest BCUT2D eigenvalue weighted by Gasteiger charge is -2.18. The molecule has 0 unspecified atom stereocenters. The van der Waals surface area contributed by atoms with Gasteiger partial charge in [0.15, 0.2) is 0 Å². The zero-order valence-electron chi connectivity index (χ0n) is 11.3. The summed E-state index contributed by atoms with van der Waals surface area (Å²) in [5, 5.41) is 13.0. The second kappa shape index (κ2) is 5.43. The number of halogens is 1. The molecule has 1 aliphatic heterocycles. The molecular formula is C15H12ClN5. The number of benzene rings is 1. The first-order valence-corrected chi connectivity index (χ1v) is 6.89. The maximum absolute atomic E-state index is 9.55. The lowest BCUT2D eigenvalue weighted by atomic mass is 10.2. The molecule has 1 aromatic heterocycles. The second-order valence-corrected chi connectivity index (χ2v) is 4.77. The van der Waals surface area contributed by atoms with E-state index in [1.165, 1.54) is 0 Å². The van der Waals surface area contributed by atoms with Crippen LogP contribution in [0.15, 0.2) is 42.3 Å². The number of hydrogen-bond acceptors (Lipinski definition) is 5. The number of allylic oxidation sites excluding steroid dienone is 1. The number of fused-ring (bicyclic) bond motifs is 1. The van der Waals surface area contributed by atoms with Crippen molar-refractivity contribution in [1.29, 1.82) is 5.26 Å². The maximum atomic E-state index is 9.55. The zero-order chi connectivity index (χ0) is 14.8. The van der Waals surface area contributed by atoms with Gasteiger partial charge in [0, 0.05) is 12.7 Å². The molecule has 2 aromatic rings. The van der Waals surface area contributed by atoms with E-state index in [1.54, 1.807) is 12.3 Å². The van der Waals surface area contributed by atoms with Crippen molar-refractivity contribution in [3.05, 3.63) is 53.3 Å². The van der Waals surface area contributed by atoms with E-state index in [9.17, 15) is 5.26 Å². The van der Waals surface area contributed by atoms with Crippen LogP contribution in [-0.2, 0) is 0 Å². The van der Waals surface area contributed by atoms with Gasteiger partial charge in [0.2, 0.25) is 5.28 Å². The molecule has 0 fully saturated rings. The summed E-state index contributed by atoms with van der Waals surface area (Å²) in [6.45, 7) is 2.77. The minimum atomic E-state index is 0.124. The van der Waals surface area contributed by atoms with E-state index in [2.05, 4.69) is 21.4 Å². The Hall–Kier alpha value is -2.58. The van der Waals surface area contributed by atoms with Crippen LogP contribution >= 0.6 is 11.6 Å². The molecule has 0 atom stereocenters. The molecule has 0 bridgehead atoms. The Morgan fingerprint density at radius 3 is 2.90 bits per heavy atom. The van der Waals surface area contributed by atoms with Gasteiger partial charge in [-0.3, -0.25) is 0 Å². The first-order valence-electron chi connectivity index (χ1n) is 6.51. The molecule has 0 saturated carbocycles. The van der Waals surface area contributed by atoms with Gasteiger partial charge < -0.3 is 10.2 Å². The van der Waals surface area contributed by atoms with Crippen molar-refractivity contribution in [2.45, 2.75) is 6.92 Å². The minimum absolute atomic E-state index is 0.124. The number of nitrogens with zero attached hydrogens (tertiary/aromatic N) is 4. The van der Waals surface area contributed by atoms with E-state index >= 15 is 0 Å². The van der Waals surface area contributed by atoms with Crippen molar-refractivity contribution in [3.8, 4) is 6.07 Å². The smallest absolute Gasteiger partial charge is 0.222 e. The Bertz CT molecular complexity index is 763. The summed E-state index contributed by atoms with van der Waals surface area (Å²) in [7, 11) is 0. The molecule has 0 radical (unpaired) electrons. The Labute approximate surface area is 127 Å². The highest BCUT2D eigenvalue weighted by atomic mass is 35.5. The van der Waals surface area contributed by atoms with Crippen molar-refractivity contribution >= 4 is 28.5 Å². The summed E-state index contributed by atoms with van der Waals surface area (Å²) in [4.78, 5) is 10.0. The van der Waals surface area contributed by atoms with Crippen LogP contribution in [-0.4, -0.2) is 16.5 Å². The molecule has 5 nitrogen and oxygen atoms in total. The summed E-state index contributed by atoms with van der Waals surface area (Å²) in [6, 6.07) is 11.8. The summed E-state index contributed by atoms with van der Waals surface area (Å²) in [5.41, 5.74) is 2.97. The fraction of sp³-hybridized carbons (Fsp3) is 0.133. The first-order chi connectivity index (χ1) is 10.2. The van der Waals surface area contributed by atoms with Gasteiger partial charge >= 0.3 is 0 Å². The number of hydrogen-bond donors (Lipinski definition) is 1. The predicted molar refractivity (Wildman–Crippen MR) is 82.7 cm³/mol. The van der Waals surface area contributed by atoms with Crippen LogP contribution in [0.3, 0.4) is 0 Å². The predicted octanol–water partition coefficient (Wildman–Crippen LogP) is 3.27. The molecule has 1 N–H and O–H groups in total. The van der Waals surface area contributed by atoms with E-state index in [-0.39, 0.29) is 5.28 Å². The molecule has 3 rings (SSSR count). The summed E-state index contributed by atoms with van der Waals surface area (Å²) < 4.78 is 0. The van der Waals surface area contributed by atoms with Crippen molar-refractivity contribution in [2.24, 2.45) is 0 Å². The largest absolute Gasteiger partial charge is 0.339 e. The summed E-state index contributed by atoms with van der Waals surface area (Å²) in [5.74, 6) is 0.718. The van der Waals surface area contributed by atoms with Gasteiger partial charge in [-0.05, 0) is 36.7 Å². The average Bonchev–Trinajstić information content (AvgIpc) is 2.86. The topological polar surface area (TPSA) is 64.8 Å². The number of nitrogens with one attached hydrogen (secondary N) is 1. The Kier molecular flexibility index (Phi) is 3.46. The van der Waals surface area contributed by atoms with E-state index in [0.717, 1.165) is 23.7 Å². The SMILES string of the molecule is CCN1/C(=C(\C#N)c2ccnc(Cl)n2)Nc2ccccc21. The van der Waals surface area contributed by atoms with Crippen molar-refractivity contribution < 1.29 is 0 Å². The standard InChI is InChI=1S/C15H12ClN5/c1-2-21-13-6-4-3-5-12(13)19-14(21)10(9-17)11-7-8-18-15(16)20-11/h3-8,19H,2H2,1H3/b14-10+. The van der Waals surface area contributed by atoms with Crippen LogP contribution in [0.1, 0.15) is 12.6 Å². The molecule has 21 heavy (non-hydrogen) atoms. The lowest BCUT2D eigenvalue weighted by Crippen LogP contribution is -2.21. The lowest BCUT2D eigenvalue weighted by molar-refractivity contribution is 0.990. The molecule has 0 spiro atoms. The van der Waals surface area contributed by atoms with Crippen molar-refractivity contribution in [1.82, 2.24) is 9.97 Å². The van der Waals surface area contributed by atoms with E-state index in [1.807, 2.05) is 36.1 Å². The van der Waals surface area contributed by atoms with Crippen LogP contribution in [0, 0.1) is 11.3 Å². The third kappa shape index (κ3) is 2.30. The molecule has 0 saturated heterocycles. The van der Waals surface area contributed by atoms with Crippen molar-refractivity contribution in [2.75, 3.05) is 16.8 Å². The van der Waals surface area contributed by atoms with Gasteiger partial charge in [-0.25, -0.2) is 9.97 Å². The first kappa shape index (κ1) is 13.4. The van der Waals surface area contributed by atoms with Crippen molar-refractivity contribution in [3.63, 3.8) is 0 Å². The summed E-state index contributed by atoms with van der Waals surface area (Å²) >= 11 is 5.82. The fourth-order valence-electron chi connectivity index (χ4n) is 2.36. The average molecular weight is 298 g/mol. The third-order valence-electron chi connectivity index (χ3n) is 3.26. The van der Waals surface area contributed by atoms with E-state index in [0.29, 0.717) is 11.3 Å². The molecular weight excluding hydrogens is 286 g/mol. The molecule has 0 amide bonds. The molecule has 1 aromatic carbocycles. The number of para-hydroxylation sites is 2. The quantitative estimate of drug-likeness (QED) is 0.681. The molecule has 0 aliphatic carbocycles. The van der Waals surface area contributed by atoms with Crippen LogP contribution in [0.4, 0.5) is 11.4 Å². The van der Waals surface area contributed by atoms with Gasteiger partial charge in [-0.2, -0.15) is 5.26 Å². The molecule has 104 valence electrons. The maximum Gasteiger partial charge on any atom is 0.222 e. The van der Waals surface area contributed by atoms with E-state index in [4.69, 9.17) is 11.6 Å². The molecule has 6 heteroatoms. The number of aromatic nitrogens is 2. The van der Waals surface area contributed by atoms with Gasteiger partial charge in [-0.1, -0.05) is 12.1 Å². The minimum Gasteiger partial charge on any atom is -0.339 e. The highest BCUT2D eigenvalue weighted by molar-refractivity contribution is 6.28. The number of anilines is 2. The number of nitriles is 1. The highest BCUT2D eigenvalue weighted by Gasteiger charge is 2.26. The van der Waals surface area contributed by atoms with Crippen LogP contribution in [0.25, 0.3) is 5.57 Å². The third-order valence-corrected chi connectivity index (χ3v) is 3.45. The Balaban J connectivity index is 2.15. The second-order valence-electron chi connectivity index (χ2n) is 4.43. The van der Waals surface area contributed by atoms with Gasteiger partial charge in [0.1, 0.15) is 17.5 Å². The molecule has 1 aliphatic rings. The zero-order valence-corrected chi connectivity index (χ0v) is 12.1. The number of rotatable bonds is 2. The van der Waals surface area contributed by atoms with Gasteiger partial charge in [0.25, 0.3) is 0 Å². The normalized spacial score (nSPS) is 15.2. The van der Waals surface area contributed by atoms with E-state index < -0.39 is 0 Å². The van der Waals surface area contributed by atoms with Crippen LogP contribution in [0.2, 0.25) is 5.28 Å². The highest BCUT2D eigenvalue weighted by Crippen LogP contribution is 2.38. The van der Waals surface area contributed by atoms with Gasteiger partial charge in [-0.15, -0.1) is 0 Å². The van der Waals surface area contributed by atoms with Crippen LogP contribution in [0.5, 0.6) is 0 Å². The fourth-order valence-corrected chi connectivity index (χ4v) is 2.51. The Morgan fingerprint density at radius 2 is 2.19 bits per heavy atom. The summed E-state index contributed by atoms with van der Waals surface area (Å²) in [6.07, 6.45) is 1.54. The van der Waals surface area contributed by atoms with Crippen LogP contribution < -0.4 is 10.2 Å². The Morgan fingerprint density at radius 1 is 1.38 bits per heavy atom.